The Morgan fingerprint density at radius 1 is 1.19 bits per heavy atom. The quantitative estimate of drug-likeness (QED) is 0.519. The highest BCUT2D eigenvalue weighted by molar-refractivity contribution is 5.73. The second-order valence-electron chi connectivity index (χ2n) is 7.70. The van der Waals surface area contributed by atoms with Crippen molar-refractivity contribution in [2.45, 2.75) is 32.4 Å². The van der Waals surface area contributed by atoms with Gasteiger partial charge in [-0.15, -0.1) is 0 Å². The van der Waals surface area contributed by atoms with Crippen LogP contribution in [0.4, 0.5) is 27.8 Å². The zero-order valence-electron chi connectivity index (χ0n) is 17.9. The van der Waals surface area contributed by atoms with Crippen LogP contribution in [0.1, 0.15) is 31.9 Å². The summed E-state index contributed by atoms with van der Waals surface area (Å²) in [5.74, 6) is 1.96. The van der Waals surface area contributed by atoms with E-state index in [2.05, 4.69) is 35.8 Å². The molecule has 0 aliphatic carbocycles. The topological polar surface area (TPSA) is 108 Å². The van der Waals surface area contributed by atoms with Gasteiger partial charge >= 0.3 is 0 Å². The van der Waals surface area contributed by atoms with Crippen molar-refractivity contribution in [3.63, 3.8) is 0 Å². The predicted molar refractivity (Wildman–Crippen MR) is 120 cm³/mol. The Bertz CT molecular complexity index is 1060. The number of halogens is 1. The molecule has 32 heavy (non-hydrogen) atoms. The van der Waals surface area contributed by atoms with Gasteiger partial charge in [0.1, 0.15) is 23.3 Å². The molecule has 1 aliphatic heterocycles. The van der Waals surface area contributed by atoms with E-state index in [1.54, 1.807) is 30.7 Å². The minimum atomic E-state index is -0.280. The molecule has 1 amide bonds. The van der Waals surface area contributed by atoms with Crippen LogP contribution in [-0.2, 0) is 4.79 Å². The molecule has 4 rings (SSSR count). The number of amides is 1. The number of nitrogens with one attached hydrogen (secondary N) is 3. The number of nitrogens with zero attached hydrogens (tertiary/aromatic N) is 5. The number of benzene rings is 1. The molecule has 0 radical (unpaired) electrons. The van der Waals surface area contributed by atoms with Crippen molar-refractivity contribution in [2.75, 3.05) is 28.6 Å². The average Bonchev–Trinajstić information content (AvgIpc) is 3.22. The fraction of sp³-hybridized carbons (Fsp3) is 0.318. The Morgan fingerprint density at radius 3 is 2.72 bits per heavy atom. The first-order valence-electron chi connectivity index (χ1n) is 10.4. The van der Waals surface area contributed by atoms with Gasteiger partial charge in [-0.3, -0.25) is 9.78 Å². The minimum Gasteiger partial charge on any atom is -0.354 e. The summed E-state index contributed by atoms with van der Waals surface area (Å²) in [6.07, 6.45) is 5.64. The molecule has 1 fully saturated rings. The Kier molecular flexibility index (Phi) is 6.39. The number of hydrogen-bond acceptors (Lipinski definition) is 8. The zero-order valence-corrected chi connectivity index (χ0v) is 17.9. The molecule has 10 heteroatoms. The van der Waals surface area contributed by atoms with Gasteiger partial charge in [0.25, 0.3) is 0 Å². The fourth-order valence-electron chi connectivity index (χ4n) is 3.62. The van der Waals surface area contributed by atoms with Crippen LogP contribution in [0.5, 0.6) is 0 Å². The van der Waals surface area contributed by atoms with Gasteiger partial charge in [0.05, 0.1) is 12.2 Å². The number of rotatable bonds is 7. The van der Waals surface area contributed by atoms with Crippen LogP contribution in [0.3, 0.4) is 0 Å². The Labute approximate surface area is 185 Å². The molecule has 1 aromatic carbocycles. The lowest BCUT2D eigenvalue weighted by atomic mass is 10.1. The van der Waals surface area contributed by atoms with E-state index in [4.69, 9.17) is 4.98 Å². The largest absolute Gasteiger partial charge is 0.354 e. The molecule has 0 saturated carbocycles. The van der Waals surface area contributed by atoms with Crippen molar-refractivity contribution in [3.8, 4) is 0 Å². The van der Waals surface area contributed by atoms with Crippen LogP contribution >= 0.6 is 0 Å². The zero-order chi connectivity index (χ0) is 22.5. The molecule has 0 unspecified atom stereocenters. The van der Waals surface area contributed by atoms with Crippen molar-refractivity contribution in [2.24, 2.45) is 0 Å². The van der Waals surface area contributed by atoms with Crippen molar-refractivity contribution < 1.29 is 9.18 Å². The Balaban J connectivity index is 1.58. The van der Waals surface area contributed by atoms with Crippen molar-refractivity contribution >= 4 is 29.3 Å². The van der Waals surface area contributed by atoms with Crippen LogP contribution in [0.2, 0.25) is 0 Å². The van der Waals surface area contributed by atoms with E-state index in [-0.39, 0.29) is 23.8 Å². The minimum absolute atomic E-state index is 0.0416. The molecule has 2 atom stereocenters. The first-order valence-corrected chi connectivity index (χ1v) is 10.4. The van der Waals surface area contributed by atoms with Crippen LogP contribution < -0.4 is 20.9 Å². The number of hydrogen-bond donors (Lipinski definition) is 3. The second kappa shape index (κ2) is 9.54. The van der Waals surface area contributed by atoms with Gasteiger partial charge in [0, 0.05) is 44.5 Å². The summed E-state index contributed by atoms with van der Waals surface area (Å²) in [5.41, 5.74) is 0.913. The summed E-state index contributed by atoms with van der Waals surface area (Å²) in [4.78, 5) is 31.1. The molecule has 166 valence electrons. The lowest BCUT2D eigenvalue weighted by Crippen LogP contribution is -2.35. The monoisotopic (exact) mass is 436 g/mol. The molecular formula is C22H25FN8O. The van der Waals surface area contributed by atoms with E-state index >= 15 is 0 Å². The van der Waals surface area contributed by atoms with Crippen LogP contribution in [0.15, 0.2) is 48.9 Å². The molecule has 1 aliphatic rings. The molecule has 1 saturated heterocycles. The maximum absolute atomic E-state index is 13.3. The third-order valence-corrected chi connectivity index (χ3v) is 5.17. The van der Waals surface area contributed by atoms with Gasteiger partial charge in [-0.2, -0.15) is 9.97 Å². The average molecular weight is 436 g/mol. The SMILES string of the molecule is CC(=O)N[C@H]1CCN(c2cc(Nc3cnccn3)nc(N[C@@H](C)c3ccc(F)cc3)n2)C1. The van der Waals surface area contributed by atoms with Crippen LogP contribution in [0.25, 0.3) is 0 Å². The van der Waals surface area contributed by atoms with E-state index in [0.29, 0.717) is 24.1 Å². The van der Waals surface area contributed by atoms with Gasteiger partial charge in [-0.25, -0.2) is 9.37 Å². The standard InChI is InChI=1S/C22H25FN8O/c1-14(16-3-5-17(23)6-4-16)26-22-29-19(28-20-12-24-8-9-25-20)11-21(30-22)31-10-7-18(13-31)27-15(2)32/h3-6,8-9,11-12,14,18H,7,10,13H2,1-2H3,(H,27,32)(H2,25,26,28,29,30)/t14-,18-/m0/s1. The molecule has 0 spiro atoms. The molecule has 3 aromatic rings. The molecule has 0 bridgehead atoms. The van der Waals surface area contributed by atoms with Gasteiger partial charge in [-0.05, 0) is 31.0 Å². The van der Waals surface area contributed by atoms with E-state index in [0.717, 1.165) is 24.3 Å². The summed E-state index contributed by atoms with van der Waals surface area (Å²) in [6.45, 7) is 4.91. The van der Waals surface area contributed by atoms with E-state index in [1.165, 1.54) is 19.1 Å². The van der Waals surface area contributed by atoms with Crippen molar-refractivity contribution in [1.82, 2.24) is 25.3 Å². The van der Waals surface area contributed by atoms with Gasteiger partial charge in [0.15, 0.2) is 0 Å². The first kappa shape index (κ1) is 21.4. The number of carbonyl (C=O) groups is 1. The summed E-state index contributed by atoms with van der Waals surface area (Å²) in [6, 6.07) is 8.10. The first-order chi connectivity index (χ1) is 15.5. The molecule has 3 N–H and O–H groups in total. The Morgan fingerprint density at radius 2 is 2.00 bits per heavy atom. The smallest absolute Gasteiger partial charge is 0.227 e. The summed E-state index contributed by atoms with van der Waals surface area (Å²) in [5, 5.41) is 9.42. The maximum atomic E-state index is 13.3. The van der Waals surface area contributed by atoms with Gasteiger partial charge in [0.2, 0.25) is 11.9 Å². The molecular weight excluding hydrogens is 411 g/mol. The number of carbonyl (C=O) groups excluding carboxylic acids is 1. The summed E-state index contributed by atoms with van der Waals surface area (Å²) in [7, 11) is 0. The number of aromatic nitrogens is 4. The Hall–Kier alpha value is -3.82. The molecule has 3 heterocycles. The summed E-state index contributed by atoms with van der Waals surface area (Å²) < 4.78 is 13.3. The molecule has 2 aromatic heterocycles. The van der Waals surface area contributed by atoms with Gasteiger partial charge < -0.3 is 20.9 Å². The van der Waals surface area contributed by atoms with Crippen molar-refractivity contribution in [3.05, 3.63) is 60.3 Å². The van der Waals surface area contributed by atoms with E-state index in [1.807, 2.05) is 13.0 Å². The predicted octanol–water partition coefficient (Wildman–Crippen LogP) is 3.04. The highest BCUT2D eigenvalue weighted by Gasteiger charge is 2.25. The third-order valence-electron chi connectivity index (χ3n) is 5.17. The van der Waals surface area contributed by atoms with Crippen LogP contribution in [-0.4, -0.2) is 45.0 Å². The number of anilines is 4. The maximum Gasteiger partial charge on any atom is 0.227 e. The normalized spacial score (nSPS) is 16.5. The fourth-order valence-corrected chi connectivity index (χ4v) is 3.62. The second-order valence-corrected chi connectivity index (χ2v) is 7.70. The van der Waals surface area contributed by atoms with Crippen molar-refractivity contribution in [1.29, 1.82) is 0 Å². The van der Waals surface area contributed by atoms with Crippen LogP contribution in [0, 0.1) is 5.82 Å². The van der Waals surface area contributed by atoms with E-state index in [9.17, 15) is 9.18 Å². The van der Waals surface area contributed by atoms with Gasteiger partial charge in [-0.1, -0.05) is 12.1 Å². The van der Waals surface area contributed by atoms with E-state index < -0.39 is 0 Å². The summed E-state index contributed by atoms with van der Waals surface area (Å²) >= 11 is 0. The highest BCUT2D eigenvalue weighted by atomic mass is 19.1. The lowest BCUT2D eigenvalue weighted by Gasteiger charge is -2.21. The highest BCUT2D eigenvalue weighted by Crippen LogP contribution is 2.26. The molecule has 9 nitrogen and oxygen atoms in total. The lowest BCUT2D eigenvalue weighted by molar-refractivity contribution is -0.119. The third kappa shape index (κ3) is 5.45.